The maximum Gasteiger partial charge on any atom is 0.352 e. The first kappa shape index (κ1) is 22.9. The van der Waals surface area contributed by atoms with Gasteiger partial charge in [-0.05, 0) is 28.8 Å². The van der Waals surface area contributed by atoms with Gasteiger partial charge in [0.1, 0.15) is 17.1 Å². The van der Waals surface area contributed by atoms with E-state index in [0.29, 0.717) is 47.6 Å². The molecular weight excluding hydrogens is 472 g/mol. The normalized spacial score (nSPS) is 19.8. The van der Waals surface area contributed by atoms with Gasteiger partial charge in [-0.1, -0.05) is 11.8 Å². The zero-order chi connectivity index (χ0) is 23.5. The Bertz CT molecular complexity index is 1100. The van der Waals surface area contributed by atoms with E-state index in [1.165, 1.54) is 33.1 Å². The second kappa shape index (κ2) is 9.70. The Kier molecular flexibility index (Phi) is 6.73. The van der Waals surface area contributed by atoms with Crippen LogP contribution in [0.4, 0.5) is 10.7 Å². The molecule has 0 spiro atoms. The Morgan fingerprint density at radius 3 is 2.97 bits per heavy atom. The number of imidazole rings is 1. The highest BCUT2D eigenvalue weighted by atomic mass is 32.2. The van der Waals surface area contributed by atoms with Crippen molar-refractivity contribution in [3.63, 3.8) is 0 Å². The fourth-order valence-electron chi connectivity index (χ4n) is 3.49. The number of β-lactam (4-membered cyclic amide) rings is 1. The quantitative estimate of drug-likeness (QED) is 0.160. The molecule has 4 rings (SSSR count). The maximum absolute atomic E-state index is 12.8. The number of hydrogen-bond donors (Lipinski definition) is 5. The van der Waals surface area contributed by atoms with Crippen LogP contribution < -0.4 is 16.4 Å². The zero-order valence-corrected chi connectivity index (χ0v) is 19.1. The summed E-state index contributed by atoms with van der Waals surface area (Å²) in [4.78, 5) is 44.2. The number of carboxylic acids is 1. The third-order valence-corrected chi connectivity index (χ3v) is 7.49. The number of aryl methyl sites for hydroxylation is 2. The molecule has 2 aromatic heterocycles. The lowest BCUT2D eigenvalue weighted by Crippen LogP contribution is -2.67. The molecular formula is C17H22N10O4S2. The van der Waals surface area contributed by atoms with Crippen LogP contribution in [-0.2, 0) is 23.1 Å². The summed E-state index contributed by atoms with van der Waals surface area (Å²) in [5, 5.41) is 26.8. The van der Waals surface area contributed by atoms with Crippen LogP contribution >= 0.6 is 23.5 Å². The van der Waals surface area contributed by atoms with Crippen LogP contribution in [-0.4, -0.2) is 87.6 Å². The van der Waals surface area contributed by atoms with Crippen LogP contribution in [0.2, 0.25) is 0 Å². The fourth-order valence-corrected chi connectivity index (χ4v) is 5.82. The van der Waals surface area contributed by atoms with E-state index in [-0.39, 0.29) is 17.0 Å². The number of carboxylic acid groups (broad SMARTS) is 1. The van der Waals surface area contributed by atoms with Gasteiger partial charge in [-0.2, -0.15) is 0 Å². The average molecular weight is 495 g/mol. The van der Waals surface area contributed by atoms with Crippen molar-refractivity contribution in [2.45, 2.75) is 29.4 Å². The van der Waals surface area contributed by atoms with Crippen molar-refractivity contribution in [1.82, 2.24) is 40.4 Å². The number of H-pyrrole nitrogens is 1. The third-order valence-electron chi connectivity index (χ3n) is 5.05. The lowest BCUT2D eigenvalue weighted by atomic mass is 10.0. The number of rotatable bonds is 10. The Morgan fingerprint density at radius 1 is 1.45 bits per heavy atom. The summed E-state index contributed by atoms with van der Waals surface area (Å²) in [5.74, 6) is -0.185. The summed E-state index contributed by atoms with van der Waals surface area (Å²) in [5.41, 5.74) is 6.54. The number of nitrogens with two attached hydrogens (primary N) is 1. The first-order valence-electron chi connectivity index (χ1n) is 9.94. The Balaban J connectivity index is 1.37. The summed E-state index contributed by atoms with van der Waals surface area (Å²) < 4.78 is 1.51. The van der Waals surface area contributed by atoms with Gasteiger partial charge in [-0.25, -0.2) is 19.3 Å². The smallest absolute Gasteiger partial charge is 0.352 e. The standard InChI is InChI=1S/C17H22N10O4S2/c1-26-17(23-24-25-26)33-7-8-6-32-13-10(12(28)27(13)11(8)14(29)30)22-16-20-5-9(21-16)3-2-4-19-15(18)31/h5,10,13H,2-4,6-7H2,1H3,(H,29,30)(H3,18,19,31)(H2,20,21,22)/t10?,13-/m0/s1. The minimum absolute atomic E-state index is 0.0199. The number of nitrogens with zero attached hydrogens (tertiary/aromatic N) is 6. The second-order valence-corrected chi connectivity index (χ2v) is 9.36. The number of nitrogens with one attached hydrogen (secondary N) is 3. The molecule has 0 saturated carbocycles. The molecule has 0 bridgehead atoms. The topological polar surface area (TPSA) is 197 Å². The molecule has 33 heavy (non-hydrogen) atoms. The minimum Gasteiger partial charge on any atom is -0.477 e. The van der Waals surface area contributed by atoms with E-state index in [2.05, 4.69) is 36.1 Å². The van der Waals surface area contributed by atoms with Gasteiger partial charge in [0.25, 0.3) is 5.91 Å². The number of carbonyl (C=O) groups excluding carboxylic acids is 2. The molecule has 1 unspecified atom stereocenters. The number of fused-ring (bicyclic) bond motifs is 1. The highest BCUT2D eigenvalue weighted by Gasteiger charge is 2.53. The predicted molar refractivity (Wildman–Crippen MR) is 119 cm³/mol. The highest BCUT2D eigenvalue weighted by molar-refractivity contribution is 8.01. The van der Waals surface area contributed by atoms with E-state index in [4.69, 9.17) is 5.73 Å². The van der Waals surface area contributed by atoms with Crippen LogP contribution in [0, 0.1) is 0 Å². The van der Waals surface area contributed by atoms with Gasteiger partial charge in [0.2, 0.25) is 11.1 Å². The predicted octanol–water partition coefficient (Wildman–Crippen LogP) is -0.639. The number of tetrazole rings is 1. The molecule has 6 N–H and O–H groups in total. The fraction of sp³-hybridized carbons (Fsp3) is 0.471. The van der Waals surface area contributed by atoms with Crippen LogP contribution in [0.1, 0.15) is 12.1 Å². The molecule has 4 heterocycles. The van der Waals surface area contributed by atoms with E-state index in [1.54, 1.807) is 13.2 Å². The van der Waals surface area contributed by atoms with E-state index in [9.17, 15) is 19.5 Å². The summed E-state index contributed by atoms with van der Waals surface area (Å²) in [6.45, 7) is 0.448. The van der Waals surface area contributed by atoms with E-state index in [0.717, 1.165) is 5.69 Å². The molecule has 1 fully saturated rings. The van der Waals surface area contributed by atoms with Crippen LogP contribution in [0.3, 0.4) is 0 Å². The number of anilines is 1. The zero-order valence-electron chi connectivity index (χ0n) is 17.5. The summed E-state index contributed by atoms with van der Waals surface area (Å²) in [7, 11) is 1.70. The van der Waals surface area contributed by atoms with Crippen molar-refractivity contribution in [2.24, 2.45) is 12.8 Å². The molecule has 0 aliphatic carbocycles. The van der Waals surface area contributed by atoms with Crippen LogP contribution in [0.25, 0.3) is 0 Å². The molecule has 16 heteroatoms. The second-order valence-electron chi connectivity index (χ2n) is 7.31. The maximum atomic E-state index is 12.8. The highest BCUT2D eigenvalue weighted by Crippen LogP contribution is 2.42. The number of primary amides is 1. The third kappa shape index (κ3) is 4.90. The number of aromatic amines is 1. The SMILES string of the molecule is Cn1nnnc1SCC1=C(C(=O)O)N2C(=O)C(Nc3ncc(CCCNC(N)=O)[nH]3)[C@@H]2SC1. The lowest BCUT2D eigenvalue weighted by molar-refractivity contribution is -0.147. The monoisotopic (exact) mass is 494 g/mol. The van der Waals surface area contributed by atoms with E-state index >= 15 is 0 Å². The first-order valence-corrected chi connectivity index (χ1v) is 12.0. The van der Waals surface area contributed by atoms with Crippen molar-refractivity contribution in [3.8, 4) is 0 Å². The van der Waals surface area contributed by atoms with Gasteiger partial charge in [0.05, 0.1) is 6.20 Å². The molecule has 2 atom stereocenters. The molecule has 2 aliphatic rings. The van der Waals surface area contributed by atoms with Crippen LogP contribution in [0.5, 0.6) is 0 Å². The number of aliphatic carboxylic acids is 1. The number of aromatic nitrogens is 6. The average Bonchev–Trinajstić information content (AvgIpc) is 3.41. The van der Waals surface area contributed by atoms with Crippen molar-refractivity contribution < 1.29 is 19.5 Å². The molecule has 14 nitrogen and oxygen atoms in total. The van der Waals surface area contributed by atoms with Gasteiger partial charge in [0, 0.05) is 30.8 Å². The number of urea groups is 1. The van der Waals surface area contributed by atoms with Crippen LogP contribution in [0.15, 0.2) is 22.6 Å². The summed E-state index contributed by atoms with van der Waals surface area (Å²) in [6.07, 6.45) is 2.98. The minimum atomic E-state index is -1.14. The van der Waals surface area contributed by atoms with E-state index < -0.39 is 18.0 Å². The Labute approximate surface area is 196 Å². The molecule has 2 aromatic rings. The van der Waals surface area contributed by atoms with Gasteiger partial charge >= 0.3 is 12.0 Å². The van der Waals surface area contributed by atoms with Crippen molar-refractivity contribution in [3.05, 3.63) is 23.2 Å². The number of carbonyl (C=O) groups is 3. The summed E-state index contributed by atoms with van der Waals surface area (Å²) in [6, 6.07) is -1.15. The molecule has 2 aliphatic heterocycles. The molecule has 0 radical (unpaired) electrons. The largest absolute Gasteiger partial charge is 0.477 e. The van der Waals surface area contributed by atoms with Gasteiger partial charge in [-0.15, -0.1) is 16.9 Å². The molecule has 1 saturated heterocycles. The summed E-state index contributed by atoms with van der Waals surface area (Å²) >= 11 is 2.82. The Morgan fingerprint density at radius 2 is 2.27 bits per heavy atom. The lowest BCUT2D eigenvalue weighted by Gasteiger charge is -2.49. The van der Waals surface area contributed by atoms with Gasteiger partial charge < -0.3 is 26.5 Å². The number of thioether (sulfide) groups is 2. The molecule has 176 valence electrons. The number of amides is 3. The van der Waals surface area contributed by atoms with Crippen molar-refractivity contribution >= 4 is 47.4 Å². The molecule has 3 amide bonds. The number of hydrogen-bond acceptors (Lipinski definition) is 10. The van der Waals surface area contributed by atoms with Crippen molar-refractivity contribution in [1.29, 1.82) is 0 Å². The van der Waals surface area contributed by atoms with Gasteiger partial charge in [0.15, 0.2) is 0 Å². The molecule has 0 aromatic carbocycles. The van der Waals surface area contributed by atoms with Crippen molar-refractivity contribution in [2.75, 3.05) is 23.4 Å². The van der Waals surface area contributed by atoms with Gasteiger partial charge in [-0.3, -0.25) is 9.69 Å². The first-order chi connectivity index (χ1) is 15.8. The van der Waals surface area contributed by atoms with E-state index in [1.807, 2.05) is 0 Å². The Hall–Kier alpha value is -3.27.